The third kappa shape index (κ3) is 3.71. The lowest BCUT2D eigenvalue weighted by molar-refractivity contribution is -0.133. The molecule has 2 aliphatic rings. The lowest BCUT2D eigenvalue weighted by Gasteiger charge is -2.33. The zero-order valence-corrected chi connectivity index (χ0v) is 16.3. The Kier molecular flexibility index (Phi) is 4.69. The summed E-state index contributed by atoms with van der Waals surface area (Å²) in [6, 6.07) is 5.99. The fourth-order valence-corrected chi connectivity index (χ4v) is 4.04. The molecule has 4 heterocycles. The lowest BCUT2D eigenvalue weighted by Crippen LogP contribution is -2.40. The predicted molar refractivity (Wildman–Crippen MR) is 111 cm³/mol. The van der Waals surface area contributed by atoms with E-state index in [-0.39, 0.29) is 11.8 Å². The van der Waals surface area contributed by atoms with Crippen molar-refractivity contribution in [1.82, 2.24) is 24.5 Å². The standard InChI is InChI=1S/C21H23BN6O/c22-17-12-25-28-19(24-11-14-3-1-7-23-10-14)9-18(26-20(17)28)16-4-2-8-27(13-16)21(29)15-5-6-15/h1,3,7,9-10,12,15-16,24H,2,4-6,8,11,13H2. The van der Waals surface area contributed by atoms with Crippen LogP contribution >= 0.6 is 0 Å². The van der Waals surface area contributed by atoms with Gasteiger partial charge in [0, 0.05) is 56.1 Å². The first-order valence-electron chi connectivity index (χ1n) is 10.2. The molecule has 1 aliphatic heterocycles. The lowest BCUT2D eigenvalue weighted by atomic mass is 9.93. The minimum absolute atomic E-state index is 0.213. The fourth-order valence-electron chi connectivity index (χ4n) is 4.04. The second kappa shape index (κ2) is 7.50. The minimum Gasteiger partial charge on any atom is -0.366 e. The summed E-state index contributed by atoms with van der Waals surface area (Å²) in [4.78, 5) is 23.5. The molecule has 2 fully saturated rings. The van der Waals surface area contributed by atoms with Crippen LogP contribution in [0.5, 0.6) is 0 Å². The highest BCUT2D eigenvalue weighted by molar-refractivity contribution is 6.36. The Bertz CT molecular complexity index is 1030. The van der Waals surface area contributed by atoms with Gasteiger partial charge >= 0.3 is 0 Å². The molecule has 146 valence electrons. The zero-order chi connectivity index (χ0) is 19.8. The minimum atomic E-state index is 0.213. The average Bonchev–Trinajstić information content (AvgIpc) is 3.55. The first-order chi connectivity index (χ1) is 14.2. The molecule has 0 spiro atoms. The molecule has 8 heteroatoms. The summed E-state index contributed by atoms with van der Waals surface area (Å²) in [5.74, 6) is 1.63. The predicted octanol–water partition coefficient (Wildman–Crippen LogP) is 1.65. The van der Waals surface area contributed by atoms with E-state index in [0.717, 1.165) is 55.8 Å². The van der Waals surface area contributed by atoms with Crippen molar-refractivity contribution in [3.05, 3.63) is 48.0 Å². The SMILES string of the molecule is [B]c1cnn2c(NCc3cccnc3)cc(C3CCCN(C(=O)C4CC4)C3)nc12. The van der Waals surface area contributed by atoms with Crippen LogP contribution in [0, 0.1) is 5.92 Å². The molecule has 1 unspecified atom stereocenters. The summed E-state index contributed by atoms with van der Waals surface area (Å²) in [5.41, 5.74) is 3.25. The highest BCUT2D eigenvalue weighted by Gasteiger charge is 2.36. The van der Waals surface area contributed by atoms with Crippen molar-refractivity contribution in [2.24, 2.45) is 5.92 Å². The number of piperidine rings is 1. The summed E-state index contributed by atoms with van der Waals surface area (Å²) in [7, 11) is 6.13. The Balaban J connectivity index is 1.42. The largest absolute Gasteiger partial charge is 0.366 e. The van der Waals surface area contributed by atoms with Gasteiger partial charge in [-0.3, -0.25) is 9.78 Å². The van der Waals surface area contributed by atoms with Gasteiger partial charge in [0.15, 0.2) is 5.65 Å². The Morgan fingerprint density at radius 3 is 2.97 bits per heavy atom. The van der Waals surface area contributed by atoms with Crippen molar-refractivity contribution >= 4 is 30.7 Å². The molecule has 29 heavy (non-hydrogen) atoms. The Morgan fingerprint density at radius 2 is 2.17 bits per heavy atom. The van der Waals surface area contributed by atoms with Crippen molar-refractivity contribution in [1.29, 1.82) is 0 Å². The Labute approximate surface area is 170 Å². The van der Waals surface area contributed by atoms with Gasteiger partial charge in [0.25, 0.3) is 0 Å². The van der Waals surface area contributed by atoms with Crippen LogP contribution in [0.25, 0.3) is 5.65 Å². The quantitative estimate of drug-likeness (QED) is 0.675. The van der Waals surface area contributed by atoms with Crippen LogP contribution in [-0.2, 0) is 11.3 Å². The number of nitrogens with zero attached hydrogens (tertiary/aromatic N) is 5. The molecule has 1 N–H and O–H groups in total. The first-order valence-corrected chi connectivity index (χ1v) is 10.2. The summed E-state index contributed by atoms with van der Waals surface area (Å²) >= 11 is 0. The molecular formula is C21H23BN6O. The number of amides is 1. The number of carbonyl (C=O) groups excluding carboxylic acids is 1. The van der Waals surface area contributed by atoms with Crippen molar-refractivity contribution in [2.45, 2.75) is 38.1 Å². The van der Waals surface area contributed by atoms with Crippen LogP contribution < -0.4 is 10.8 Å². The highest BCUT2D eigenvalue weighted by atomic mass is 16.2. The number of hydrogen-bond donors (Lipinski definition) is 1. The van der Waals surface area contributed by atoms with E-state index in [4.69, 9.17) is 12.8 Å². The molecule has 7 nitrogen and oxygen atoms in total. The molecule has 1 aliphatic carbocycles. The van der Waals surface area contributed by atoms with E-state index in [2.05, 4.69) is 15.4 Å². The second-order valence-electron chi connectivity index (χ2n) is 8.01. The van der Waals surface area contributed by atoms with Crippen LogP contribution in [0.4, 0.5) is 5.82 Å². The van der Waals surface area contributed by atoms with Crippen molar-refractivity contribution in [2.75, 3.05) is 18.4 Å². The number of aromatic nitrogens is 4. The summed E-state index contributed by atoms with van der Waals surface area (Å²) < 4.78 is 1.74. The normalized spacial score (nSPS) is 19.4. The molecule has 3 aromatic heterocycles. The molecular weight excluding hydrogens is 363 g/mol. The summed E-state index contributed by atoms with van der Waals surface area (Å²) in [6.07, 6.45) is 9.34. The maximum Gasteiger partial charge on any atom is 0.225 e. The fraction of sp³-hybridized carbons (Fsp3) is 0.429. The average molecular weight is 386 g/mol. The second-order valence-corrected chi connectivity index (χ2v) is 8.01. The molecule has 0 bridgehead atoms. The molecule has 1 atom stereocenters. The van der Waals surface area contributed by atoms with E-state index in [1.54, 1.807) is 16.9 Å². The van der Waals surface area contributed by atoms with Gasteiger partial charge < -0.3 is 10.2 Å². The molecule has 1 saturated carbocycles. The monoisotopic (exact) mass is 386 g/mol. The van der Waals surface area contributed by atoms with Gasteiger partial charge in [-0.1, -0.05) is 6.07 Å². The maximum atomic E-state index is 12.5. The van der Waals surface area contributed by atoms with Crippen LogP contribution in [0.2, 0.25) is 0 Å². The van der Waals surface area contributed by atoms with Crippen LogP contribution in [-0.4, -0.2) is 51.3 Å². The number of anilines is 1. The molecule has 5 rings (SSSR count). The number of rotatable bonds is 5. The van der Waals surface area contributed by atoms with E-state index in [1.807, 2.05) is 29.3 Å². The van der Waals surface area contributed by atoms with Gasteiger partial charge in [-0.15, -0.1) is 0 Å². The van der Waals surface area contributed by atoms with Crippen molar-refractivity contribution in [3.8, 4) is 0 Å². The highest BCUT2D eigenvalue weighted by Crippen LogP contribution is 2.34. The first kappa shape index (κ1) is 18.2. The van der Waals surface area contributed by atoms with Crippen molar-refractivity contribution in [3.63, 3.8) is 0 Å². The number of likely N-dealkylation sites (tertiary alicyclic amines) is 1. The Hall–Kier alpha value is -2.90. The van der Waals surface area contributed by atoms with Crippen LogP contribution in [0.3, 0.4) is 0 Å². The molecule has 1 amide bonds. The van der Waals surface area contributed by atoms with E-state index in [9.17, 15) is 4.79 Å². The summed E-state index contributed by atoms with van der Waals surface area (Å²) in [5, 5.41) is 7.82. The van der Waals surface area contributed by atoms with Crippen molar-refractivity contribution < 1.29 is 4.79 Å². The number of carbonyl (C=O) groups is 1. The molecule has 0 aromatic carbocycles. The summed E-state index contributed by atoms with van der Waals surface area (Å²) in [6.45, 7) is 2.22. The van der Waals surface area contributed by atoms with Gasteiger partial charge in [-0.05, 0) is 42.8 Å². The molecule has 3 aromatic rings. The van der Waals surface area contributed by atoms with Gasteiger partial charge in [0.05, 0.1) is 5.69 Å². The third-order valence-electron chi connectivity index (χ3n) is 5.79. The third-order valence-corrected chi connectivity index (χ3v) is 5.79. The molecule has 1 saturated heterocycles. The van der Waals surface area contributed by atoms with Gasteiger partial charge in [0.1, 0.15) is 13.7 Å². The van der Waals surface area contributed by atoms with Gasteiger partial charge in [-0.2, -0.15) is 9.61 Å². The van der Waals surface area contributed by atoms with Gasteiger partial charge in [-0.25, -0.2) is 4.98 Å². The van der Waals surface area contributed by atoms with E-state index in [0.29, 0.717) is 23.6 Å². The Morgan fingerprint density at radius 1 is 1.28 bits per heavy atom. The molecule has 2 radical (unpaired) electrons. The van der Waals surface area contributed by atoms with Crippen LogP contribution in [0.1, 0.15) is 42.9 Å². The number of fused-ring (bicyclic) bond motifs is 1. The topological polar surface area (TPSA) is 75.4 Å². The van der Waals surface area contributed by atoms with Gasteiger partial charge in [0.2, 0.25) is 5.91 Å². The zero-order valence-electron chi connectivity index (χ0n) is 16.3. The number of pyridine rings is 1. The maximum absolute atomic E-state index is 12.5. The van der Waals surface area contributed by atoms with E-state index in [1.165, 1.54) is 0 Å². The van der Waals surface area contributed by atoms with E-state index >= 15 is 0 Å². The van der Waals surface area contributed by atoms with E-state index < -0.39 is 0 Å². The smallest absolute Gasteiger partial charge is 0.225 e. The number of hydrogen-bond acceptors (Lipinski definition) is 5. The van der Waals surface area contributed by atoms with Crippen LogP contribution in [0.15, 0.2) is 36.8 Å². The number of nitrogens with one attached hydrogen (secondary N) is 1.